The van der Waals surface area contributed by atoms with Gasteiger partial charge in [-0.3, -0.25) is 4.90 Å². The fourth-order valence-corrected chi connectivity index (χ4v) is 3.69. The van der Waals surface area contributed by atoms with E-state index < -0.39 is 0 Å². The Morgan fingerprint density at radius 2 is 2.00 bits per heavy atom. The first kappa shape index (κ1) is 14.7. The molecule has 1 aliphatic rings. The standard InChI is InChI=1S/C17H23N3S/c1-13(2)16-12-21-17(19-16)15-6-4-3-5-14(15)11-20-9-7-18-8-10-20/h3-6,12-13,18H,7-11H2,1-2H3. The maximum atomic E-state index is 4.82. The topological polar surface area (TPSA) is 28.2 Å². The van der Waals surface area contributed by atoms with E-state index in [1.165, 1.54) is 16.8 Å². The highest BCUT2D eigenvalue weighted by molar-refractivity contribution is 7.13. The number of aromatic nitrogens is 1. The van der Waals surface area contributed by atoms with Crippen LogP contribution in [-0.2, 0) is 6.54 Å². The van der Waals surface area contributed by atoms with Crippen molar-refractivity contribution in [3.63, 3.8) is 0 Å². The van der Waals surface area contributed by atoms with Crippen LogP contribution in [0.5, 0.6) is 0 Å². The third-order valence-electron chi connectivity index (χ3n) is 3.96. The average molecular weight is 301 g/mol. The number of rotatable bonds is 4. The van der Waals surface area contributed by atoms with Crippen molar-refractivity contribution in [2.75, 3.05) is 26.2 Å². The Kier molecular flexibility index (Phi) is 4.68. The summed E-state index contributed by atoms with van der Waals surface area (Å²) in [7, 11) is 0. The van der Waals surface area contributed by atoms with Gasteiger partial charge in [-0.05, 0) is 11.5 Å². The van der Waals surface area contributed by atoms with Gasteiger partial charge in [-0.1, -0.05) is 38.1 Å². The van der Waals surface area contributed by atoms with E-state index in [4.69, 9.17) is 4.98 Å². The van der Waals surface area contributed by atoms with Crippen LogP contribution in [0.15, 0.2) is 29.6 Å². The van der Waals surface area contributed by atoms with Gasteiger partial charge in [-0.15, -0.1) is 11.3 Å². The first-order valence-corrected chi connectivity index (χ1v) is 8.59. The molecular formula is C17H23N3S. The number of nitrogens with one attached hydrogen (secondary N) is 1. The van der Waals surface area contributed by atoms with Gasteiger partial charge in [-0.25, -0.2) is 4.98 Å². The molecule has 1 aliphatic heterocycles. The maximum Gasteiger partial charge on any atom is 0.123 e. The predicted molar refractivity (Wildman–Crippen MR) is 89.8 cm³/mol. The molecule has 3 nitrogen and oxygen atoms in total. The molecule has 1 saturated heterocycles. The molecule has 1 fully saturated rings. The van der Waals surface area contributed by atoms with E-state index in [2.05, 4.69) is 53.7 Å². The van der Waals surface area contributed by atoms with Crippen LogP contribution in [-0.4, -0.2) is 36.1 Å². The number of hydrogen-bond donors (Lipinski definition) is 1. The van der Waals surface area contributed by atoms with Gasteiger partial charge in [0.1, 0.15) is 5.01 Å². The number of nitrogens with zero attached hydrogens (tertiary/aromatic N) is 2. The van der Waals surface area contributed by atoms with Crippen LogP contribution in [0, 0.1) is 0 Å². The van der Waals surface area contributed by atoms with Crippen LogP contribution in [0.25, 0.3) is 10.6 Å². The van der Waals surface area contributed by atoms with Gasteiger partial charge in [0.15, 0.2) is 0 Å². The number of benzene rings is 1. The van der Waals surface area contributed by atoms with Gasteiger partial charge in [0.05, 0.1) is 5.69 Å². The molecule has 3 rings (SSSR count). The van der Waals surface area contributed by atoms with Crippen molar-refractivity contribution in [3.8, 4) is 10.6 Å². The normalized spacial score (nSPS) is 16.5. The molecule has 4 heteroatoms. The highest BCUT2D eigenvalue weighted by atomic mass is 32.1. The van der Waals surface area contributed by atoms with Gasteiger partial charge < -0.3 is 5.32 Å². The lowest BCUT2D eigenvalue weighted by Gasteiger charge is -2.27. The van der Waals surface area contributed by atoms with Crippen LogP contribution in [0.3, 0.4) is 0 Å². The molecule has 0 spiro atoms. The molecule has 2 heterocycles. The minimum absolute atomic E-state index is 0.496. The molecule has 0 saturated carbocycles. The second kappa shape index (κ2) is 6.69. The Bertz CT molecular complexity index is 585. The smallest absolute Gasteiger partial charge is 0.123 e. The summed E-state index contributed by atoms with van der Waals surface area (Å²) in [5, 5.41) is 6.76. The quantitative estimate of drug-likeness (QED) is 0.939. The summed E-state index contributed by atoms with van der Waals surface area (Å²) in [6.07, 6.45) is 0. The maximum absolute atomic E-state index is 4.82. The van der Waals surface area contributed by atoms with Crippen LogP contribution in [0.1, 0.15) is 31.0 Å². The number of piperazine rings is 1. The monoisotopic (exact) mass is 301 g/mol. The van der Waals surface area contributed by atoms with Crippen molar-refractivity contribution in [2.24, 2.45) is 0 Å². The van der Waals surface area contributed by atoms with E-state index in [1.807, 2.05) is 0 Å². The molecule has 112 valence electrons. The van der Waals surface area contributed by atoms with Gasteiger partial charge in [0.25, 0.3) is 0 Å². The third kappa shape index (κ3) is 3.51. The molecule has 1 aromatic carbocycles. The Morgan fingerprint density at radius 3 is 2.71 bits per heavy atom. The largest absolute Gasteiger partial charge is 0.314 e. The zero-order valence-electron chi connectivity index (χ0n) is 12.8. The summed E-state index contributed by atoms with van der Waals surface area (Å²) in [4.78, 5) is 7.34. The van der Waals surface area contributed by atoms with Gasteiger partial charge in [-0.2, -0.15) is 0 Å². The molecule has 0 aliphatic carbocycles. The van der Waals surface area contributed by atoms with Crippen molar-refractivity contribution in [2.45, 2.75) is 26.3 Å². The van der Waals surface area contributed by atoms with E-state index in [-0.39, 0.29) is 0 Å². The molecule has 0 radical (unpaired) electrons. The Balaban J connectivity index is 1.84. The van der Waals surface area contributed by atoms with Crippen LogP contribution in [0.4, 0.5) is 0 Å². The molecule has 21 heavy (non-hydrogen) atoms. The van der Waals surface area contributed by atoms with E-state index in [0.29, 0.717) is 5.92 Å². The summed E-state index contributed by atoms with van der Waals surface area (Å²) in [5.41, 5.74) is 3.89. The fourth-order valence-electron chi connectivity index (χ4n) is 2.65. The zero-order valence-corrected chi connectivity index (χ0v) is 13.6. The first-order valence-electron chi connectivity index (χ1n) is 7.71. The van der Waals surface area contributed by atoms with Crippen molar-refractivity contribution in [1.82, 2.24) is 15.2 Å². The minimum Gasteiger partial charge on any atom is -0.314 e. The average Bonchev–Trinajstić information content (AvgIpc) is 2.99. The van der Waals surface area contributed by atoms with Crippen molar-refractivity contribution >= 4 is 11.3 Å². The molecular weight excluding hydrogens is 278 g/mol. The molecule has 1 N–H and O–H groups in total. The lowest BCUT2D eigenvalue weighted by atomic mass is 10.1. The van der Waals surface area contributed by atoms with Crippen molar-refractivity contribution in [3.05, 3.63) is 40.9 Å². The summed E-state index contributed by atoms with van der Waals surface area (Å²) in [5.74, 6) is 0.496. The van der Waals surface area contributed by atoms with Crippen molar-refractivity contribution in [1.29, 1.82) is 0 Å². The Hall–Kier alpha value is -1.23. The van der Waals surface area contributed by atoms with Gasteiger partial charge in [0.2, 0.25) is 0 Å². The summed E-state index contributed by atoms with van der Waals surface area (Å²) < 4.78 is 0. The molecule has 0 bridgehead atoms. The number of hydrogen-bond acceptors (Lipinski definition) is 4. The fraction of sp³-hybridized carbons (Fsp3) is 0.471. The highest BCUT2D eigenvalue weighted by Gasteiger charge is 2.15. The minimum atomic E-state index is 0.496. The summed E-state index contributed by atoms with van der Waals surface area (Å²) >= 11 is 1.77. The summed E-state index contributed by atoms with van der Waals surface area (Å²) in [6, 6.07) is 8.71. The SMILES string of the molecule is CC(C)c1csc(-c2ccccc2CN2CCNCC2)n1. The Labute approximate surface area is 131 Å². The lowest BCUT2D eigenvalue weighted by Crippen LogP contribution is -2.42. The van der Waals surface area contributed by atoms with E-state index in [9.17, 15) is 0 Å². The summed E-state index contributed by atoms with van der Waals surface area (Å²) in [6.45, 7) is 9.87. The van der Waals surface area contributed by atoms with E-state index >= 15 is 0 Å². The zero-order chi connectivity index (χ0) is 14.7. The molecule has 0 atom stereocenters. The van der Waals surface area contributed by atoms with Crippen LogP contribution >= 0.6 is 11.3 Å². The number of thiazole rings is 1. The van der Waals surface area contributed by atoms with Crippen LogP contribution in [0.2, 0.25) is 0 Å². The predicted octanol–water partition coefficient (Wildman–Crippen LogP) is 3.34. The highest BCUT2D eigenvalue weighted by Crippen LogP contribution is 2.30. The van der Waals surface area contributed by atoms with Gasteiger partial charge in [0, 0.05) is 43.7 Å². The van der Waals surface area contributed by atoms with E-state index in [0.717, 1.165) is 37.7 Å². The van der Waals surface area contributed by atoms with E-state index in [1.54, 1.807) is 11.3 Å². The molecule has 0 amide bonds. The Morgan fingerprint density at radius 1 is 1.24 bits per heavy atom. The molecule has 1 aromatic heterocycles. The lowest BCUT2D eigenvalue weighted by molar-refractivity contribution is 0.233. The molecule has 2 aromatic rings. The molecule has 0 unspecified atom stereocenters. The van der Waals surface area contributed by atoms with Gasteiger partial charge >= 0.3 is 0 Å². The second-order valence-electron chi connectivity index (χ2n) is 5.92. The third-order valence-corrected chi connectivity index (χ3v) is 4.86. The second-order valence-corrected chi connectivity index (χ2v) is 6.77. The van der Waals surface area contributed by atoms with Crippen molar-refractivity contribution < 1.29 is 0 Å². The first-order chi connectivity index (χ1) is 10.2. The van der Waals surface area contributed by atoms with Crippen LogP contribution < -0.4 is 5.32 Å².